The lowest BCUT2D eigenvalue weighted by Gasteiger charge is -2.27. The maximum atomic E-state index is 5.23. The molecule has 2 rings (SSSR count). The number of hydrogen-bond donors (Lipinski definition) is 1. The summed E-state index contributed by atoms with van der Waals surface area (Å²) < 4.78 is 5.23. The van der Waals surface area contributed by atoms with E-state index >= 15 is 0 Å². The van der Waals surface area contributed by atoms with Crippen molar-refractivity contribution in [2.45, 2.75) is 59.4 Å². The van der Waals surface area contributed by atoms with Gasteiger partial charge in [0.25, 0.3) is 0 Å². The summed E-state index contributed by atoms with van der Waals surface area (Å²) >= 11 is 0. The Morgan fingerprint density at radius 1 is 1.28 bits per heavy atom. The first-order chi connectivity index (χ1) is 8.58. The van der Waals surface area contributed by atoms with E-state index < -0.39 is 0 Å². The van der Waals surface area contributed by atoms with Crippen molar-refractivity contribution in [1.29, 1.82) is 0 Å². The van der Waals surface area contributed by atoms with E-state index in [1.807, 2.05) is 13.8 Å². The van der Waals surface area contributed by atoms with Gasteiger partial charge in [0.1, 0.15) is 5.76 Å². The molecule has 0 bridgehead atoms. The van der Waals surface area contributed by atoms with Gasteiger partial charge >= 0.3 is 0 Å². The monoisotopic (exact) mass is 250 g/mol. The lowest BCUT2D eigenvalue weighted by molar-refractivity contribution is 0.275. The minimum atomic E-state index is 0.343. The second-order valence-corrected chi connectivity index (χ2v) is 5.99. The molecule has 0 spiro atoms. The molecule has 1 aliphatic carbocycles. The fraction of sp³-hybridized carbons (Fsp3) is 0.800. The predicted octanol–water partition coefficient (Wildman–Crippen LogP) is 3.77. The number of nitrogens with one attached hydrogen (secondary N) is 1. The van der Waals surface area contributed by atoms with Crippen molar-refractivity contribution < 1.29 is 4.52 Å². The van der Waals surface area contributed by atoms with Gasteiger partial charge in [-0.2, -0.15) is 0 Å². The highest BCUT2D eigenvalue weighted by molar-refractivity contribution is 5.24. The van der Waals surface area contributed by atoms with Crippen molar-refractivity contribution in [1.82, 2.24) is 10.5 Å². The Hall–Kier alpha value is -0.830. The molecule has 1 aliphatic rings. The van der Waals surface area contributed by atoms with Crippen LogP contribution in [0.4, 0.5) is 0 Å². The summed E-state index contributed by atoms with van der Waals surface area (Å²) in [7, 11) is 0. The van der Waals surface area contributed by atoms with E-state index in [1.165, 1.54) is 31.2 Å². The summed E-state index contributed by atoms with van der Waals surface area (Å²) in [6.07, 6.45) is 5.54. The standard InChI is InChI=1S/C15H26N2O/c1-10-5-7-14(8-6-10)9-16-11(2)15-12(3)17-18-13(15)4/h10-11,14,16H,5-9H2,1-4H3. The second kappa shape index (κ2) is 5.87. The van der Waals surface area contributed by atoms with Gasteiger partial charge in [-0.1, -0.05) is 24.9 Å². The van der Waals surface area contributed by atoms with Gasteiger partial charge in [-0.25, -0.2) is 0 Å². The van der Waals surface area contributed by atoms with E-state index in [2.05, 4.69) is 24.3 Å². The number of hydrogen-bond acceptors (Lipinski definition) is 3. The molecule has 1 aromatic heterocycles. The van der Waals surface area contributed by atoms with E-state index in [0.717, 1.165) is 29.8 Å². The molecular weight excluding hydrogens is 224 g/mol. The highest BCUT2D eigenvalue weighted by Gasteiger charge is 2.20. The van der Waals surface area contributed by atoms with Crippen LogP contribution in [0.25, 0.3) is 0 Å². The molecule has 3 nitrogen and oxygen atoms in total. The lowest BCUT2D eigenvalue weighted by atomic mass is 9.83. The van der Waals surface area contributed by atoms with Gasteiger partial charge in [0, 0.05) is 11.6 Å². The van der Waals surface area contributed by atoms with E-state index in [1.54, 1.807) is 0 Å². The van der Waals surface area contributed by atoms with Gasteiger partial charge in [0.15, 0.2) is 0 Å². The van der Waals surface area contributed by atoms with Crippen LogP contribution >= 0.6 is 0 Å². The van der Waals surface area contributed by atoms with Gasteiger partial charge in [-0.3, -0.25) is 0 Å². The molecule has 18 heavy (non-hydrogen) atoms. The SMILES string of the molecule is Cc1noc(C)c1C(C)NCC1CCC(C)CC1. The van der Waals surface area contributed by atoms with Crippen molar-refractivity contribution in [3.05, 3.63) is 17.0 Å². The largest absolute Gasteiger partial charge is 0.361 e. The molecule has 1 unspecified atom stereocenters. The Balaban J connectivity index is 1.83. The maximum absolute atomic E-state index is 5.23. The first-order valence-corrected chi connectivity index (χ1v) is 7.24. The van der Waals surface area contributed by atoms with Gasteiger partial charge in [0.2, 0.25) is 0 Å². The average Bonchev–Trinajstić information content (AvgIpc) is 2.68. The maximum Gasteiger partial charge on any atom is 0.138 e. The molecule has 0 aliphatic heterocycles. The topological polar surface area (TPSA) is 38.1 Å². The van der Waals surface area contributed by atoms with Crippen molar-refractivity contribution in [2.24, 2.45) is 11.8 Å². The van der Waals surface area contributed by atoms with Gasteiger partial charge in [-0.05, 0) is 52.0 Å². The lowest BCUT2D eigenvalue weighted by Crippen LogP contribution is -2.28. The van der Waals surface area contributed by atoms with Crippen LogP contribution in [0.2, 0.25) is 0 Å². The van der Waals surface area contributed by atoms with Crippen molar-refractivity contribution in [2.75, 3.05) is 6.54 Å². The molecule has 3 heteroatoms. The number of rotatable bonds is 4. The summed E-state index contributed by atoms with van der Waals surface area (Å²) in [5, 5.41) is 7.68. The van der Waals surface area contributed by atoms with Crippen LogP contribution in [-0.4, -0.2) is 11.7 Å². The van der Waals surface area contributed by atoms with Crippen LogP contribution < -0.4 is 5.32 Å². The zero-order chi connectivity index (χ0) is 13.1. The van der Waals surface area contributed by atoms with Crippen molar-refractivity contribution in [3.8, 4) is 0 Å². The van der Waals surface area contributed by atoms with Crippen LogP contribution in [0.15, 0.2) is 4.52 Å². The highest BCUT2D eigenvalue weighted by Crippen LogP contribution is 2.28. The molecule has 0 aromatic carbocycles. The van der Waals surface area contributed by atoms with Crippen LogP contribution in [0, 0.1) is 25.7 Å². The predicted molar refractivity (Wildman–Crippen MR) is 73.5 cm³/mol. The molecule has 1 fully saturated rings. The Morgan fingerprint density at radius 2 is 1.94 bits per heavy atom. The normalized spacial score (nSPS) is 26.2. The third kappa shape index (κ3) is 3.14. The first-order valence-electron chi connectivity index (χ1n) is 7.24. The third-order valence-corrected chi connectivity index (χ3v) is 4.37. The fourth-order valence-electron chi connectivity index (χ4n) is 3.09. The van der Waals surface area contributed by atoms with E-state index in [-0.39, 0.29) is 0 Å². The molecule has 1 atom stereocenters. The number of aromatic nitrogens is 1. The van der Waals surface area contributed by atoms with Crippen LogP contribution in [0.5, 0.6) is 0 Å². The van der Waals surface area contributed by atoms with E-state index in [4.69, 9.17) is 4.52 Å². The van der Waals surface area contributed by atoms with Crippen LogP contribution in [0.3, 0.4) is 0 Å². The molecule has 1 saturated carbocycles. The Labute approximate surface area is 110 Å². The smallest absolute Gasteiger partial charge is 0.138 e. The summed E-state index contributed by atoms with van der Waals surface area (Å²) in [5.74, 6) is 2.73. The van der Waals surface area contributed by atoms with Crippen LogP contribution in [0.1, 0.15) is 62.6 Å². The Bertz CT molecular complexity index is 358. The minimum Gasteiger partial charge on any atom is -0.361 e. The molecule has 1 heterocycles. The summed E-state index contributed by atoms with van der Waals surface area (Å²) in [5.41, 5.74) is 2.25. The first kappa shape index (κ1) is 13.6. The number of nitrogens with zero attached hydrogens (tertiary/aromatic N) is 1. The minimum absolute atomic E-state index is 0.343. The molecule has 1 aromatic rings. The van der Waals surface area contributed by atoms with Gasteiger partial charge in [0.05, 0.1) is 5.69 Å². The summed E-state index contributed by atoms with van der Waals surface area (Å²) in [6, 6.07) is 0.343. The summed E-state index contributed by atoms with van der Waals surface area (Å²) in [4.78, 5) is 0. The van der Waals surface area contributed by atoms with E-state index in [9.17, 15) is 0 Å². The highest BCUT2D eigenvalue weighted by atomic mass is 16.5. The van der Waals surface area contributed by atoms with Gasteiger partial charge in [-0.15, -0.1) is 0 Å². The molecule has 102 valence electrons. The van der Waals surface area contributed by atoms with Crippen molar-refractivity contribution in [3.63, 3.8) is 0 Å². The van der Waals surface area contributed by atoms with Crippen LogP contribution in [-0.2, 0) is 0 Å². The Kier molecular flexibility index (Phi) is 4.44. The second-order valence-electron chi connectivity index (χ2n) is 5.99. The van der Waals surface area contributed by atoms with Crippen molar-refractivity contribution >= 4 is 0 Å². The van der Waals surface area contributed by atoms with Gasteiger partial charge < -0.3 is 9.84 Å². The average molecular weight is 250 g/mol. The molecule has 0 radical (unpaired) electrons. The summed E-state index contributed by atoms with van der Waals surface area (Å²) in [6.45, 7) is 9.72. The molecule has 0 amide bonds. The fourth-order valence-corrected chi connectivity index (χ4v) is 3.09. The molecular formula is C15H26N2O. The third-order valence-electron chi connectivity index (χ3n) is 4.37. The quantitative estimate of drug-likeness (QED) is 0.884. The van der Waals surface area contributed by atoms with E-state index in [0.29, 0.717) is 6.04 Å². The zero-order valence-corrected chi connectivity index (χ0v) is 12.1. The Morgan fingerprint density at radius 3 is 2.50 bits per heavy atom. The molecule has 0 saturated heterocycles. The zero-order valence-electron chi connectivity index (χ0n) is 12.1. The molecule has 1 N–H and O–H groups in total. The number of aryl methyl sites for hydroxylation is 2.